The van der Waals surface area contributed by atoms with Gasteiger partial charge in [0.25, 0.3) is 0 Å². The molecule has 0 bridgehead atoms. The first-order valence-electron chi connectivity index (χ1n) is 11.7. The Bertz CT molecular complexity index is 1120. The van der Waals surface area contributed by atoms with Crippen LogP contribution in [0.3, 0.4) is 0 Å². The lowest BCUT2D eigenvalue weighted by atomic mass is 9.77. The third-order valence-corrected chi connectivity index (χ3v) is 6.11. The van der Waals surface area contributed by atoms with E-state index in [1.165, 1.54) is 0 Å². The number of hydrogen-bond acceptors (Lipinski definition) is 4. The lowest BCUT2D eigenvalue weighted by molar-refractivity contribution is -0.143. The van der Waals surface area contributed by atoms with Crippen molar-refractivity contribution in [3.05, 3.63) is 57.6 Å². The largest absolute Gasteiger partial charge is 0.426 e. The molecule has 0 saturated heterocycles. The fourth-order valence-electron chi connectivity index (χ4n) is 4.14. The summed E-state index contributed by atoms with van der Waals surface area (Å²) in [7, 11) is 0. The van der Waals surface area contributed by atoms with Crippen LogP contribution in [0.5, 0.6) is 11.5 Å². The van der Waals surface area contributed by atoms with Gasteiger partial charge in [-0.2, -0.15) is 0 Å². The molecular weight excluding hydrogens is 412 g/mol. The van der Waals surface area contributed by atoms with Gasteiger partial charge in [-0.15, -0.1) is 0 Å². The first-order valence-corrected chi connectivity index (χ1v) is 11.7. The quantitative estimate of drug-likeness (QED) is 0.369. The van der Waals surface area contributed by atoms with Crippen LogP contribution in [0.4, 0.5) is 0 Å². The Kier molecular flexibility index (Phi) is 6.06. The number of esters is 2. The summed E-state index contributed by atoms with van der Waals surface area (Å²) >= 11 is 0. The van der Waals surface area contributed by atoms with E-state index >= 15 is 0 Å². The van der Waals surface area contributed by atoms with E-state index in [9.17, 15) is 9.59 Å². The molecule has 0 spiro atoms. The standard InChI is InChI=1S/C29H38O4/c1-16-12-17(2)23(33-26(31)29(9,10)11)19(13-16)22-20-14-18(27(3,4)5)15-21(28(6,7)8)24(20)32-25(22)30/h12-15,22H,1-11H3. The van der Waals surface area contributed by atoms with Gasteiger partial charge in [-0.3, -0.25) is 9.59 Å². The average Bonchev–Trinajstić information content (AvgIpc) is 2.95. The van der Waals surface area contributed by atoms with Gasteiger partial charge in [0.05, 0.1) is 5.41 Å². The molecule has 0 fully saturated rings. The van der Waals surface area contributed by atoms with Gasteiger partial charge >= 0.3 is 11.9 Å². The Hall–Kier alpha value is -2.62. The monoisotopic (exact) mass is 450 g/mol. The van der Waals surface area contributed by atoms with E-state index in [1.54, 1.807) is 0 Å². The summed E-state index contributed by atoms with van der Waals surface area (Å²) in [4.78, 5) is 26.2. The topological polar surface area (TPSA) is 52.6 Å². The van der Waals surface area contributed by atoms with Crippen LogP contribution < -0.4 is 9.47 Å². The van der Waals surface area contributed by atoms with Crippen molar-refractivity contribution in [1.82, 2.24) is 0 Å². The molecule has 2 aromatic carbocycles. The zero-order valence-electron chi connectivity index (χ0n) is 22.0. The SMILES string of the molecule is Cc1cc(C)c(OC(=O)C(C)(C)C)c(C2C(=O)Oc3c2cc(C(C)(C)C)cc3C(C)(C)C)c1. The maximum Gasteiger partial charge on any atom is 0.323 e. The third-order valence-electron chi connectivity index (χ3n) is 6.11. The van der Waals surface area contributed by atoms with Crippen molar-refractivity contribution in [2.75, 3.05) is 0 Å². The minimum absolute atomic E-state index is 0.102. The Balaban J connectivity index is 2.30. The second kappa shape index (κ2) is 8.00. The highest BCUT2D eigenvalue weighted by Crippen LogP contribution is 2.49. The van der Waals surface area contributed by atoms with Crippen molar-refractivity contribution in [1.29, 1.82) is 0 Å². The molecule has 3 rings (SSSR count). The normalized spacial score (nSPS) is 16.5. The smallest absolute Gasteiger partial charge is 0.323 e. The lowest BCUT2D eigenvalue weighted by Gasteiger charge is -2.27. The molecule has 0 aromatic heterocycles. The molecule has 178 valence electrons. The second-order valence-corrected chi connectivity index (χ2v) is 12.4. The zero-order valence-corrected chi connectivity index (χ0v) is 22.0. The number of benzene rings is 2. The van der Waals surface area contributed by atoms with Gasteiger partial charge < -0.3 is 9.47 Å². The molecule has 1 heterocycles. The highest BCUT2D eigenvalue weighted by atomic mass is 16.5. The molecule has 0 radical (unpaired) electrons. The first-order chi connectivity index (χ1) is 14.9. The van der Waals surface area contributed by atoms with Gasteiger partial charge in [0.15, 0.2) is 0 Å². The Labute approximate surface area is 198 Å². The molecule has 4 nitrogen and oxygen atoms in total. The van der Waals surface area contributed by atoms with Crippen LogP contribution in [0.15, 0.2) is 24.3 Å². The van der Waals surface area contributed by atoms with Crippen molar-refractivity contribution >= 4 is 11.9 Å². The van der Waals surface area contributed by atoms with Crippen LogP contribution in [0, 0.1) is 19.3 Å². The average molecular weight is 451 g/mol. The number of ether oxygens (including phenoxy) is 2. The summed E-state index contributed by atoms with van der Waals surface area (Å²) in [6, 6.07) is 8.17. The Morgan fingerprint density at radius 3 is 1.97 bits per heavy atom. The molecule has 0 aliphatic carbocycles. The molecule has 1 aliphatic heterocycles. The third kappa shape index (κ3) is 4.85. The molecule has 2 aromatic rings. The van der Waals surface area contributed by atoms with E-state index in [0.717, 1.165) is 27.8 Å². The van der Waals surface area contributed by atoms with Gasteiger partial charge in [-0.05, 0) is 56.6 Å². The number of hydrogen-bond donors (Lipinski definition) is 0. The van der Waals surface area contributed by atoms with E-state index < -0.39 is 11.3 Å². The van der Waals surface area contributed by atoms with Crippen molar-refractivity contribution < 1.29 is 19.1 Å². The molecule has 0 saturated carbocycles. The van der Waals surface area contributed by atoms with Gasteiger partial charge in [0.1, 0.15) is 17.4 Å². The van der Waals surface area contributed by atoms with E-state index in [4.69, 9.17) is 9.47 Å². The highest BCUT2D eigenvalue weighted by Gasteiger charge is 2.41. The fourth-order valence-corrected chi connectivity index (χ4v) is 4.14. The van der Waals surface area contributed by atoms with E-state index in [-0.39, 0.29) is 22.8 Å². The fraction of sp³-hybridized carbons (Fsp3) is 0.517. The number of carbonyl (C=O) groups is 2. The van der Waals surface area contributed by atoms with E-state index in [2.05, 4.69) is 53.7 Å². The van der Waals surface area contributed by atoms with Crippen molar-refractivity contribution in [3.63, 3.8) is 0 Å². The highest BCUT2D eigenvalue weighted by molar-refractivity contribution is 5.92. The molecule has 1 aliphatic rings. The summed E-state index contributed by atoms with van der Waals surface area (Å²) in [6.07, 6.45) is 0. The summed E-state index contributed by atoms with van der Waals surface area (Å²) in [5.74, 6) is -0.225. The Morgan fingerprint density at radius 2 is 1.45 bits per heavy atom. The van der Waals surface area contributed by atoms with Crippen LogP contribution in [-0.2, 0) is 20.4 Å². The van der Waals surface area contributed by atoms with E-state index in [1.807, 2.05) is 46.8 Å². The second-order valence-electron chi connectivity index (χ2n) is 12.4. The van der Waals surface area contributed by atoms with Crippen molar-refractivity contribution in [2.45, 2.75) is 92.9 Å². The Morgan fingerprint density at radius 1 is 0.848 bits per heavy atom. The molecule has 1 atom stereocenters. The lowest BCUT2D eigenvalue weighted by Crippen LogP contribution is -2.27. The predicted molar refractivity (Wildman–Crippen MR) is 132 cm³/mol. The van der Waals surface area contributed by atoms with E-state index in [0.29, 0.717) is 17.1 Å². The van der Waals surface area contributed by atoms with Crippen LogP contribution in [0.2, 0.25) is 0 Å². The van der Waals surface area contributed by atoms with Crippen molar-refractivity contribution in [2.24, 2.45) is 5.41 Å². The number of rotatable bonds is 2. The minimum atomic E-state index is -0.665. The first kappa shape index (κ1) is 25.0. The molecular formula is C29H38O4. The zero-order chi connectivity index (χ0) is 25.1. The maximum absolute atomic E-state index is 13.4. The van der Waals surface area contributed by atoms with Gasteiger partial charge in [-0.25, -0.2) is 0 Å². The summed E-state index contributed by atoms with van der Waals surface area (Å²) < 4.78 is 11.8. The number of carbonyl (C=O) groups excluding carboxylic acids is 2. The summed E-state index contributed by atoms with van der Waals surface area (Å²) in [5.41, 5.74) is 4.54. The van der Waals surface area contributed by atoms with Crippen LogP contribution in [0.1, 0.15) is 102 Å². The van der Waals surface area contributed by atoms with Crippen LogP contribution >= 0.6 is 0 Å². The predicted octanol–water partition coefficient (Wildman–Crippen LogP) is 6.90. The molecule has 0 N–H and O–H groups in total. The molecule has 4 heteroatoms. The summed E-state index contributed by atoms with van der Waals surface area (Å²) in [6.45, 7) is 22.3. The minimum Gasteiger partial charge on any atom is -0.426 e. The van der Waals surface area contributed by atoms with Gasteiger partial charge in [0.2, 0.25) is 0 Å². The van der Waals surface area contributed by atoms with Gasteiger partial charge in [-0.1, -0.05) is 71.4 Å². The number of aryl methyl sites for hydroxylation is 2. The van der Waals surface area contributed by atoms with Crippen LogP contribution in [-0.4, -0.2) is 11.9 Å². The summed E-state index contributed by atoms with van der Waals surface area (Å²) in [5, 5.41) is 0. The van der Waals surface area contributed by atoms with Crippen molar-refractivity contribution in [3.8, 4) is 11.5 Å². The molecule has 33 heavy (non-hydrogen) atoms. The number of fused-ring (bicyclic) bond motifs is 1. The molecule has 1 unspecified atom stereocenters. The maximum atomic E-state index is 13.4. The van der Waals surface area contributed by atoms with Crippen LogP contribution in [0.25, 0.3) is 0 Å². The van der Waals surface area contributed by atoms with Gasteiger partial charge in [0, 0.05) is 16.7 Å². The molecule has 0 amide bonds.